The number of aromatic carboxylic acids is 1. The maximum atomic E-state index is 12.7. The van der Waals surface area contributed by atoms with Gasteiger partial charge in [-0.15, -0.1) is 0 Å². The number of carbonyl (C=O) groups is 3. The summed E-state index contributed by atoms with van der Waals surface area (Å²) in [6, 6.07) is 7.73. The molecule has 0 aliphatic rings. The van der Waals surface area contributed by atoms with Gasteiger partial charge in [-0.3, -0.25) is 9.59 Å². The zero-order chi connectivity index (χ0) is 23.3. The average Bonchev–Trinajstić information content (AvgIpc) is 3.33. The number of carboxylic acids is 1. The van der Waals surface area contributed by atoms with Gasteiger partial charge in [0, 0.05) is 24.5 Å². The quantitative estimate of drug-likeness (QED) is 0.462. The van der Waals surface area contributed by atoms with Crippen LogP contribution in [0.2, 0.25) is 0 Å². The molecule has 12 heteroatoms. The summed E-state index contributed by atoms with van der Waals surface area (Å²) in [6.07, 6.45) is -0.287. The molecule has 0 saturated heterocycles. The van der Waals surface area contributed by atoms with Crippen LogP contribution in [0.5, 0.6) is 0 Å². The second kappa shape index (κ2) is 9.80. The molecule has 3 N–H and O–H groups in total. The van der Waals surface area contributed by atoms with E-state index in [1.807, 2.05) is 6.07 Å². The molecule has 1 aromatic carbocycles. The van der Waals surface area contributed by atoms with E-state index in [9.17, 15) is 14.4 Å². The van der Waals surface area contributed by atoms with Gasteiger partial charge in [0.2, 0.25) is 17.6 Å². The van der Waals surface area contributed by atoms with E-state index in [2.05, 4.69) is 25.8 Å². The molecule has 0 fully saturated rings. The normalized spacial score (nSPS) is 11.4. The summed E-state index contributed by atoms with van der Waals surface area (Å²) in [6.45, 7) is 3.18. The number of nitrogens with one attached hydrogen (secondary N) is 2. The van der Waals surface area contributed by atoms with E-state index in [4.69, 9.17) is 14.9 Å². The molecule has 0 aliphatic heterocycles. The Morgan fingerprint density at radius 1 is 1.28 bits per heavy atom. The van der Waals surface area contributed by atoms with Crippen molar-refractivity contribution < 1.29 is 24.0 Å². The smallest absolute Gasteiger partial charge is 0.347 e. The Labute approximate surface area is 186 Å². The highest BCUT2D eigenvalue weighted by Crippen LogP contribution is 2.23. The largest absolute Gasteiger partial charge is 0.477 e. The van der Waals surface area contributed by atoms with E-state index >= 15 is 0 Å². The first-order chi connectivity index (χ1) is 15.3. The fourth-order valence-corrected chi connectivity index (χ4v) is 3.63. The molecule has 3 rings (SSSR count). The number of anilines is 1. The number of hydrogen-bond acceptors (Lipinski definition) is 9. The molecule has 0 spiro atoms. The van der Waals surface area contributed by atoms with Crippen LogP contribution >= 0.6 is 11.3 Å². The highest BCUT2D eigenvalue weighted by Gasteiger charge is 2.20. The number of nitriles is 1. The van der Waals surface area contributed by atoms with Gasteiger partial charge >= 0.3 is 5.97 Å². The minimum Gasteiger partial charge on any atom is -0.477 e. The third-order valence-electron chi connectivity index (χ3n) is 4.25. The lowest BCUT2D eigenvalue weighted by Crippen LogP contribution is -2.37. The number of aryl methyl sites for hydroxylation is 2. The number of amides is 2. The highest BCUT2D eigenvalue weighted by molar-refractivity contribution is 7.17. The Bertz CT molecular complexity index is 1210. The van der Waals surface area contributed by atoms with E-state index in [1.54, 1.807) is 31.2 Å². The van der Waals surface area contributed by atoms with Crippen LogP contribution in [0.15, 0.2) is 28.8 Å². The van der Waals surface area contributed by atoms with Crippen LogP contribution in [0.1, 0.15) is 44.5 Å². The van der Waals surface area contributed by atoms with Gasteiger partial charge in [-0.2, -0.15) is 10.2 Å². The molecule has 0 saturated carbocycles. The number of hydrogen-bond donors (Lipinski definition) is 3. The summed E-state index contributed by atoms with van der Waals surface area (Å²) < 4.78 is 4.95. The maximum absolute atomic E-state index is 12.7. The second-order valence-corrected chi connectivity index (χ2v) is 7.74. The van der Waals surface area contributed by atoms with E-state index < -0.39 is 23.8 Å². The van der Waals surface area contributed by atoms with Gasteiger partial charge in [0.15, 0.2) is 5.13 Å². The molecular formula is C20H18N6O5S. The summed E-state index contributed by atoms with van der Waals surface area (Å²) in [5.41, 5.74) is 1.17. The number of nitrogens with zero attached hydrogens (tertiary/aromatic N) is 4. The van der Waals surface area contributed by atoms with Crippen LogP contribution in [-0.2, 0) is 4.79 Å². The Kier molecular flexibility index (Phi) is 6.91. The number of benzene rings is 1. The van der Waals surface area contributed by atoms with E-state index in [0.29, 0.717) is 22.8 Å². The summed E-state index contributed by atoms with van der Waals surface area (Å²) in [7, 11) is 0. The number of carboxylic acid groups (broad SMARTS) is 1. The summed E-state index contributed by atoms with van der Waals surface area (Å²) >= 11 is 0.834. The molecule has 0 bridgehead atoms. The lowest BCUT2D eigenvalue weighted by molar-refractivity contribution is -0.116. The van der Waals surface area contributed by atoms with Gasteiger partial charge < -0.3 is 20.3 Å². The summed E-state index contributed by atoms with van der Waals surface area (Å²) in [5.74, 6) is -1.38. The predicted molar refractivity (Wildman–Crippen MR) is 113 cm³/mol. The van der Waals surface area contributed by atoms with Gasteiger partial charge in [-0.1, -0.05) is 28.6 Å². The maximum Gasteiger partial charge on any atom is 0.347 e. The molecule has 0 unspecified atom stereocenters. The second-order valence-electron chi connectivity index (χ2n) is 6.74. The number of carbonyl (C=O) groups excluding carboxylic acids is 2. The Morgan fingerprint density at radius 2 is 2.06 bits per heavy atom. The molecule has 0 aliphatic carbocycles. The number of thiazole rings is 1. The van der Waals surface area contributed by atoms with Crippen molar-refractivity contribution in [3.8, 4) is 17.5 Å². The topological polar surface area (TPSA) is 171 Å². The average molecular weight is 454 g/mol. The van der Waals surface area contributed by atoms with Crippen molar-refractivity contribution in [3.05, 3.63) is 46.3 Å². The van der Waals surface area contributed by atoms with Gasteiger partial charge in [-0.05, 0) is 19.1 Å². The monoisotopic (exact) mass is 454 g/mol. The van der Waals surface area contributed by atoms with Crippen molar-refractivity contribution in [3.63, 3.8) is 0 Å². The first-order valence-corrected chi connectivity index (χ1v) is 10.2. The van der Waals surface area contributed by atoms with Crippen LogP contribution in [0.4, 0.5) is 5.13 Å². The summed E-state index contributed by atoms with van der Waals surface area (Å²) in [4.78, 5) is 44.3. The van der Waals surface area contributed by atoms with E-state index in [0.717, 1.165) is 11.3 Å². The van der Waals surface area contributed by atoms with Gasteiger partial charge in [-0.25, -0.2) is 9.78 Å². The van der Waals surface area contributed by atoms with E-state index in [-0.39, 0.29) is 28.5 Å². The van der Waals surface area contributed by atoms with Crippen molar-refractivity contribution in [2.75, 3.05) is 5.32 Å². The molecule has 2 amide bonds. The van der Waals surface area contributed by atoms with Crippen molar-refractivity contribution in [2.45, 2.75) is 32.7 Å². The van der Waals surface area contributed by atoms with Gasteiger partial charge in [0.25, 0.3) is 5.91 Å². The molecule has 1 atom stereocenters. The molecule has 164 valence electrons. The SMILES string of the molecule is Cc1nc(-c2cccc(C(=O)N[C@H](CC#N)CC(=O)Nc3nc(C)c(C(=O)O)s3)c2)no1. The lowest BCUT2D eigenvalue weighted by Gasteiger charge is -2.15. The van der Waals surface area contributed by atoms with Crippen LogP contribution in [0.25, 0.3) is 11.4 Å². The molecule has 32 heavy (non-hydrogen) atoms. The standard InChI is InChI=1S/C20H18N6O5S/c1-10-16(19(29)30)32-20(22-10)25-15(27)9-14(6-7-21)24-18(28)13-5-3-4-12(8-13)17-23-11(2)31-26-17/h3-5,8,14H,6,9H2,1-2H3,(H,24,28)(H,29,30)(H,22,25,27)/t14-/m1/s1. The Morgan fingerprint density at radius 3 is 2.69 bits per heavy atom. The summed E-state index contributed by atoms with van der Waals surface area (Å²) in [5, 5.41) is 27.3. The molecule has 3 aromatic rings. The first kappa shape index (κ1) is 22.6. The molecule has 2 heterocycles. The third kappa shape index (κ3) is 5.52. The molecule has 11 nitrogen and oxygen atoms in total. The zero-order valence-corrected chi connectivity index (χ0v) is 17.9. The van der Waals surface area contributed by atoms with Crippen LogP contribution < -0.4 is 10.6 Å². The molecule has 2 aromatic heterocycles. The molecular weight excluding hydrogens is 436 g/mol. The van der Waals surface area contributed by atoms with Crippen molar-refractivity contribution in [1.29, 1.82) is 5.26 Å². The Hall–Kier alpha value is -4.11. The fraction of sp³-hybridized carbons (Fsp3) is 0.250. The third-order valence-corrected chi connectivity index (χ3v) is 5.31. The van der Waals surface area contributed by atoms with Crippen LogP contribution in [-0.4, -0.2) is 44.1 Å². The van der Waals surface area contributed by atoms with Crippen molar-refractivity contribution in [1.82, 2.24) is 20.4 Å². The number of rotatable bonds is 8. The van der Waals surface area contributed by atoms with Crippen molar-refractivity contribution >= 4 is 34.3 Å². The highest BCUT2D eigenvalue weighted by atomic mass is 32.1. The minimum atomic E-state index is -1.13. The van der Waals surface area contributed by atoms with Gasteiger partial charge in [0.05, 0.1) is 24.2 Å². The van der Waals surface area contributed by atoms with Crippen LogP contribution in [0.3, 0.4) is 0 Å². The molecule has 0 radical (unpaired) electrons. The van der Waals surface area contributed by atoms with Gasteiger partial charge in [0.1, 0.15) is 4.88 Å². The first-order valence-electron chi connectivity index (χ1n) is 9.36. The van der Waals surface area contributed by atoms with Crippen molar-refractivity contribution in [2.24, 2.45) is 0 Å². The Balaban J connectivity index is 1.66. The fourth-order valence-electron chi connectivity index (χ4n) is 2.81. The number of aromatic nitrogens is 3. The zero-order valence-electron chi connectivity index (χ0n) is 17.1. The predicted octanol–water partition coefficient (Wildman–Crippen LogP) is 2.55. The lowest BCUT2D eigenvalue weighted by atomic mass is 10.1. The van der Waals surface area contributed by atoms with Crippen LogP contribution in [0, 0.1) is 25.2 Å². The van der Waals surface area contributed by atoms with E-state index in [1.165, 1.54) is 6.92 Å². The minimum absolute atomic E-state index is 0.0267.